The van der Waals surface area contributed by atoms with Crippen LogP contribution in [-0.4, -0.2) is 29.2 Å². The summed E-state index contributed by atoms with van der Waals surface area (Å²) >= 11 is 0. The van der Waals surface area contributed by atoms with Crippen LogP contribution in [0.5, 0.6) is 0 Å². The summed E-state index contributed by atoms with van der Waals surface area (Å²) in [6, 6.07) is 8.60. The molecule has 1 aromatic rings. The molecule has 18 heavy (non-hydrogen) atoms. The highest BCUT2D eigenvalue weighted by atomic mass is 15.2. The van der Waals surface area contributed by atoms with Crippen LogP contribution in [0.3, 0.4) is 0 Å². The molecule has 2 bridgehead atoms. The summed E-state index contributed by atoms with van der Waals surface area (Å²) < 4.78 is 0. The second kappa shape index (κ2) is 2.94. The number of fused-ring (bicyclic) bond motifs is 3. The van der Waals surface area contributed by atoms with Crippen molar-refractivity contribution >= 4 is 11.4 Å². The second-order valence-electron chi connectivity index (χ2n) is 6.22. The van der Waals surface area contributed by atoms with Crippen LogP contribution in [0, 0.1) is 0 Å². The van der Waals surface area contributed by atoms with Gasteiger partial charge in [-0.3, -0.25) is 9.89 Å². The fourth-order valence-electron chi connectivity index (χ4n) is 4.10. The van der Waals surface area contributed by atoms with Crippen LogP contribution in [-0.2, 0) is 5.41 Å². The summed E-state index contributed by atoms with van der Waals surface area (Å²) in [5.41, 5.74) is 5.30. The number of rotatable bonds is 0. The number of aliphatic imine (C=N–C) groups is 1. The third-order valence-electron chi connectivity index (χ3n) is 5.11. The van der Waals surface area contributed by atoms with Gasteiger partial charge < -0.3 is 0 Å². The van der Waals surface area contributed by atoms with Crippen LogP contribution in [0.1, 0.15) is 25.8 Å². The third-order valence-corrected chi connectivity index (χ3v) is 5.11. The molecular weight excluding hydrogens is 220 g/mol. The van der Waals surface area contributed by atoms with E-state index in [2.05, 4.69) is 49.6 Å². The average molecular weight is 238 g/mol. The van der Waals surface area contributed by atoms with Gasteiger partial charge in [-0.25, -0.2) is 0 Å². The van der Waals surface area contributed by atoms with Gasteiger partial charge in [-0.2, -0.15) is 0 Å². The van der Waals surface area contributed by atoms with Crippen molar-refractivity contribution in [3.63, 3.8) is 0 Å². The van der Waals surface area contributed by atoms with Gasteiger partial charge >= 0.3 is 0 Å². The molecule has 0 aromatic heterocycles. The molecule has 1 aromatic carbocycles. The number of benzene rings is 1. The first-order valence-corrected chi connectivity index (χ1v) is 6.69. The van der Waals surface area contributed by atoms with Gasteiger partial charge in [-0.05, 0) is 37.5 Å². The van der Waals surface area contributed by atoms with Gasteiger partial charge in [0.1, 0.15) is 0 Å². The van der Waals surface area contributed by atoms with E-state index in [-0.39, 0.29) is 11.0 Å². The summed E-state index contributed by atoms with van der Waals surface area (Å²) in [6.07, 6.45) is 1.14. The number of nitrogens with zero attached hydrogens (tertiary/aromatic N) is 2. The first-order valence-electron chi connectivity index (χ1n) is 6.69. The fraction of sp³-hybridized carbons (Fsp3) is 0.438. The molecule has 92 valence electrons. The van der Waals surface area contributed by atoms with Crippen LogP contribution in [0.4, 0.5) is 5.69 Å². The van der Waals surface area contributed by atoms with Crippen molar-refractivity contribution in [2.45, 2.75) is 31.2 Å². The molecule has 1 spiro atoms. The van der Waals surface area contributed by atoms with E-state index in [4.69, 9.17) is 4.99 Å². The topological polar surface area (TPSA) is 15.6 Å². The highest BCUT2D eigenvalue weighted by Crippen LogP contribution is 2.56. The molecular formula is C16H18N2. The minimum atomic E-state index is 0.0366. The Hall–Kier alpha value is -1.41. The minimum absolute atomic E-state index is 0.0366. The Morgan fingerprint density at radius 2 is 2.06 bits per heavy atom. The monoisotopic (exact) mass is 238 g/mol. The van der Waals surface area contributed by atoms with Crippen molar-refractivity contribution in [1.82, 2.24) is 4.90 Å². The molecule has 0 N–H and O–H groups in total. The zero-order chi connectivity index (χ0) is 12.5. The number of hydrogen-bond donors (Lipinski definition) is 0. The summed E-state index contributed by atoms with van der Waals surface area (Å²) in [6.45, 7) is 11.1. The first-order chi connectivity index (χ1) is 8.57. The van der Waals surface area contributed by atoms with Crippen LogP contribution in [0.25, 0.3) is 0 Å². The van der Waals surface area contributed by atoms with Gasteiger partial charge in [0, 0.05) is 13.1 Å². The Balaban J connectivity index is 2.05. The summed E-state index contributed by atoms with van der Waals surface area (Å²) in [5, 5.41) is 0. The van der Waals surface area contributed by atoms with E-state index in [9.17, 15) is 0 Å². The normalized spacial score (nSPS) is 35.1. The van der Waals surface area contributed by atoms with Crippen LogP contribution >= 0.6 is 0 Å². The zero-order valence-corrected chi connectivity index (χ0v) is 11.0. The molecule has 2 heteroatoms. The van der Waals surface area contributed by atoms with Crippen molar-refractivity contribution in [1.29, 1.82) is 0 Å². The molecule has 0 amide bonds. The van der Waals surface area contributed by atoms with E-state index >= 15 is 0 Å². The van der Waals surface area contributed by atoms with Gasteiger partial charge in [0.05, 0.1) is 22.4 Å². The van der Waals surface area contributed by atoms with Crippen LogP contribution in [0.2, 0.25) is 0 Å². The Labute approximate surface area is 108 Å². The molecule has 4 heterocycles. The van der Waals surface area contributed by atoms with Gasteiger partial charge in [-0.1, -0.05) is 24.8 Å². The third kappa shape index (κ3) is 0.938. The predicted molar refractivity (Wildman–Crippen MR) is 74.6 cm³/mol. The highest BCUT2D eigenvalue weighted by Gasteiger charge is 2.59. The van der Waals surface area contributed by atoms with Crippen LogP contribution < -0.4 is 0 Å². The van der Waals surface area contributed by atoms with Gasteiger partial charge in [0.25, 0.3) is 0 Å². The molecule has 3 saturated heterocycles. The van der Waals surface area contributed by atoms with Crippen molar-refractivity contribution in [3.8, 4) is 0 Å². The minimum Gasteiger partial charge on any atom is -0.289 e. The lowest BCUT2D eigenvalue weighted by molar-refractivity contribution is 0.119. The molecule has 5 rings (SSSR count). The molecule has 2 atom stereocenters. The Bertz CT molecular complexity index is 597. The molecule has 0 saturated carbocycles. The maximum Gasteiger partial charge on any atom is 0.0675 e. The van der Waals surface area contributed by atoms with E-state index < -0.39 is 0 Å². The molecule has 1 unspecified atom stereocenters. The maximum absolute atomic E-state index is 4.96. The lowest BCUT2D eigenvalue weighted by Gasteiger charge is -2.57. The van der Waals surface area contributed by atoms with E-state index in [0.29, 0.717) is 0 Å². The Morgan fingerprint density at radius 1 is 1.28 bits per heavy atom. The van der Waals surface area contributed by atoms with Crippen LogP contribution in [0.15, 0.2) is 41.4 Å². The average Bonchev–Trinajstić information content (AvgIpc) is 2.69. The number of hydrogen-bond acceptors (Lipinski definition) is 2. The van der Waals surface area contributed by atoms with E-state index in [1.807, 2.05) is 0 Å². The molecule has 4 aliphatic heterocycles. The summed E-state index contributed by atoms with van der Waals surface area (Å²) in [4.78, 5) is 7.48. The lowest BCUT2D eigenvalue weighted by atomic mass is 9.59. The van der Waals surface area contributed by atoms with Gasteiger partial charge in [0.2, 0.25) is 0 Å². The Kier molecular flexibility index (Phi) is 1.72. The van der Waals surface area contributed by atoms with E-state index in [0.717, 1.165) is 25.2 Å². The van der Waals surface area contributed by atoms with Crippen molar-refractivity contribution in [2.75, 3.05) is 13.1 Å². The lowest BCUT2D eigenvalue weighted by Crippen LogP contribution is -2.68. The quantitative estimate of drug-likeness (QED) is 0.634. The zero-order valence-electron chi connectivity index (χ0n) is 11.0. The summed E-state index contributed by atoms with van der Waals surface area (Å²) in [7, 11) is 0. The SMILES string of the molecule is C=C1CN2CC[C@@]13C(=Nc1ccccc13)C2(C)C. The predicted octanol–water partition coefficient (Wildman–Crippen LogP) is 3.06. The molecule has 4 aliphatic rings. The highest BCUT2D eigenvalue weighted by molar-refractivity contribution is 6.11. The molecule has 0 aliphatic carbocycles. The van der Waals surface area contributed by atoms with Crippen molar-refractivity contribution in [2.24, 2.45) is 4.99 Å². The maximum atomic E-state index is 4.96. The van der Waals surface area contributed by atoms with Gasteiger partial charge in [0.15, 0.2) is 0 Å². The molecule has 2 nitrogen and oxygen atoms in total. The van der Waals surface area contributed by atoms with Gasteiger partial charge in [-0.15, -0.1) is 0 Å². The Morgan fingerprint density at radius 3 is 2.83 bits per heavy atom. The van der Waals surface area contributed by atoms with Crippen molar-refractivity contribution < 1.29 is 0 Å². The summed E-state index contributed by atoms with van der Waals surface area (Å²) in [5.74, 6) is 0. The molecule has 0 radical (unpaired) electrons. The largest absolute Gasteiger partial charge is 0.289 e. The van der Waals surface area contributed by atoms with E-state index in [1.165, 1.54) is 16.8 Å². The van der Waals surface area contributed by atoms with Crippen molar-refractivity contribution in [3.05, 3.63) is 42.0 Å². The smallest absolute Gasteiger partial charge is 0.0675 e. The second-order valence-corrected chi connectivity index (χ2v) is 6.22. The van der Waals surface area contributed by atoms with E-state index in [1.54, 1.807) is 0 Å². The number of para-hydroxylation sites is 1. The molecule has 3 fully saturated rings. The standard InChI is InChI=1S/C16H18N2/c1-11-10-18-9-8-16(11)12-6-4-5-7-13(12)17-14(16)15(18,2)3/h4-7H,1,8-10H2,2-3H3/t16-/m1/s1. The first kappa shape index (κ1) is 10.5. The number of piperidine rings is 3. The fourth-order valence-corrected chi connectivity index (χ4v) is 4.10.